The van der Waals surface area contributed by atoms with Gasteiger partial charge < -0.3 is 4.74 Å². The van der Waals surface area contributed by atoms with Crippen molar-refractivity contribution in [2.75, 3.05) is 6.61 Å². The summed E-state index contributed by atoms with van der Waals surface area (Å²) >= 11 is 0. The first-order valence-corrected chi connectivity index (χ1v) is 9.39. The van der Waals surface area contributed by atoms with Crippen molar-refractivity contribution in [1.29, 1.82) is 0 Å². The molecule has 1 unspecified atom stereocenters. The summed E-state index contributed by atoms with van der Waals surface area (Å²) in [5.41, 5.74) is 3.17. The topological polar surface area (TPSA) is 39.2 Å². The lowest BCUT2D eigenvalue weighted by Gasteiger charge is -2.15. The van der Waals surface area contributed by atoms with Crippen molar-refractivity contribution in [2.24, 2.45) is 5.92 Å². The van der Waals surface area contributed by atoms with E-state index < -0.39 is 0 Å². The van der Waals surface area contributed by atoms with E-state index in [4.69, 9.17) is 4.74 Å². The Bertz CT molecular complexity index is 639. The smallest absolute Gasteiger partial charge is 0.306 e. The number of carbonyl (C=O) groups is 1. The minimum absolute atomic E-state index is 0.106. The Kier molecular flexibility index (Phi) is 8.17. The summed E-state index contributed by atoms with van der Waals surface area (Å²) in [6.07, 6.45) is 7.48. The summed E-state index contributed by atoms with van der Waals surface area (Å²) in [6, 6.07) is 14.0. The lowest BCUT2D eigenvalue weighted by Crippen LogP contribution is -2.14. The highest BCUT2D eigenvalue weighted by Crippen LogP contribution is 2.22. The number of pyridine rings is 1. The molecule has 3 nitrogen and oxygen atoms in total. The molecule has 0 saturated carbocycles. The molecular formula is C22H29NO2. The molecule has 0 fully saturated rings. The van der Waals surface area contributed by atoms with Crippen molar-refractivity contribution in [3.63, 3.8) is 0 Å². The molecule has 0 aliphatic heterocycles. The summed E-state index contributed by atoms with van der Waals surface area (Å²) < 4.78 is 5.50. The molecule has 0 saturated heterocycles. The SMILES string of the molecule is CCCCC(CC)COC(=O)CCc1ccccc1-c1ccccn1. The number of unbranched alkanes of at least 4 members (excludes halogenated alkanes) is 1. The van der Waals surface area contributed by atoms with Crippen molar-refractivity contribution in [3.8, 4) is 11.3 Å². The third-order valence-corrected chi connectivity index (χ3v) is 4.58. The largest absolute Gasteiger partial charge is 0.465 e. The van der Waals surface area contributed by atoms with E-state index in [1.54, 1.807) is 6.20 Å². The third kappa shape index (κ3) is 6.33. The molecule has 0 spiro atoms. The highest BCUT2D eigenvalue weighted by molar-refractivity contribution is 5.71. The van der Waals surface area contributed by atoms with Gasteiger partial charge in [-0.05, 0) is 36.5 Å². The molecule has 0 N–H and O–H groups in total. The van der Waals surface area contributed by atoms with E-state index in [2.05, 4.69) is 31.0 Å². The first-order chi connectivity index (χ1) is 12.2. The molecule has 2 rings (SSSR count). The second kappa shape index (κ2) is 10.7. The standard InChI is InChI=1S/C22H29NO2/c1-3-5-10-18(4-2)17-25-22(24)15-14-19-11-6-7-12-20(19)21-13-8-9-16-23-21/h6-9,11-13,16,18H,3-5,10,14-15,17H2,1-2H3. The quantitative estimate of drug-likeness (QED) is 0.541. The second-order valence-corrected chi connectivity index (χ2v) is 6.47. The fourth-order valence-electron chi connectivity index (χ4n) is 2.93. The number of carbonyl (C=O) groups excluding carboxylic acids is 1. The van der Waals surface area contributed by atoms with Gasteiger partial charge in [0, 0.05) is 18.2 Å². The van der Waals surface area contributed by atoms with Gasteiger partial charge in [-0.25, -0.2) is 0 Å². The fourth-order valence-corrected chi connectivity index (χ4v) is 2.93. The van der Waals surface area contributed by atoms with Crippen LogP contribution in [0.25, 0.3) is 11.3 Å². The average Bonchev–Trinajstić information content (AvgIpc) is 2.67. The lowest BCUT2D eigenvalue weighted by molar-refractivity contribution is -0.145. The van der Waals surface area contributed by atoms with E-state index in [1.807, 2.05) is 30.3 Å². The Morgan fingerprint density at radius 2 is 1.92 bits per heavy atom. The van der Waals surface area contributed by atoms with E-state index in [0.29, 0.717) is 25.4 Å². The zero-order chi connectivity index (χ0) is 17.9. The van der Waals surface area contributed by atoms with Crippen LogP contribution in [0.3, 0.4) is 0 Å². The van der Waals surface area contributed by atoms with Crippen LogP contribution in [0.4, 0.5) is 0 Å². The van der Waals surface area contributed by atoms with E-state index in [1.165, 1.54) is 12.8 Å². The average molecular weight is 339 g/mol. The van der Waals surface area contributed by atoms with Crippen molar-refractivity contribution < 1.29 is 9.53 Å². The number of aryl methyl sites for hydroxylation is 1. The van der Waals surface area contributed by atoms with Crippen LogP contribution in [0.15, 0.2) is 48.7 Å². The van der Waals surface area contributed by atoms with Crippen molar-refractivity contribution in [3.05, 3.63) is 54.2 Å². The monoisotopic (exact) mass is 339 g/mol. The molecule has 0 bridgehead atoms. The molecule has 1 aromatic heterocycles. The number of nitrogens with zero attached hydrogens (tertiary/aromatic N) is 1. The maximum absolute atomic E-state index is 12.1. The maximum Gasteiger partial charge on any atom is 0.306 e. The maximum atomic E-state index is 12.1. The van der Waals surface area contributed by atoms with Gasteiger partial charge in [-0.1, -0.05) is 63.4 Å². The van der Waals surface area contributed by atoms with Gasteiger partial charge in [0.1, 0.15) is 0 Å². The normalized spacial score (nSPS) is 11.9. The van der Waals surface area contributed by atoms with Gasteiger partial charge in [-0.2, -0.15) is 0 Å². The van der Waals surface area contributed by atoms with Gasteiger partial charge in [0.05, 0.1) is 12.3 Å². The summed E-state index contributed by atoms with van der Waals surface area (Å²) in [7, 11) is 0. The van der Waals surface area contributed by atoms with Crippen LogP contribution >= 0.6 is 0 Å². The Labute approximate surface area is 151 Å². The van der Waals surface area contributed by atoms with E-state index in [0.717, 1.165) is 29.7 Å². The van der Waals surface area contributed by atoms with E-state index >= 15 is 0 Å². The van der Waals surface area contributed by atoms with Gasteiger partial charge in [-0.3, -0.25) is 9.78 Å². The summed E-state index contributed by atoms with van der Waals surface area (Å²) in [6.45, 7) is 4.91. The van der Waals surface area contributed by atoms with Crippen LogP contribution in [0.2, 0.25) is 0 Å². The minimum Gasteiger partial charge on any atom is -0.465 e. The lowest BCUT2D eigenvalue weighted by atomic mass is 9.99. The van der Waals surface area contributed by atoms with Crippen molar-refractivity contribution in [2.45, 2.75) is 52.4 Å². The molecule has 0 amide bonds. The molecule has 134 valence electrons. The molecule has 25 heavy (non-hydrogen) atoms. The van der Waals surface area contributed by atoms with E-state index in [9.17, 15) is 4.79 Å². The van der Waals surface area contributed by atoms with Crippen LogP contribution in [0.1, 0.15) is 51.5 Å². The Morgan fingerprint density at radius 3 is 2.64 bits per heavy atom. The summed E-state index contributed by atoms with van der Waals surface area (Å²) in [5, 5.41) is 0. The minimum atomic E-state index is -0.106. The van der Waals surface area contributed by atoms with Crippen molar-refractivity contribution >= 4 is 5.97 Å². The highest BCUT2D eigenvalue weighted by atomic mass is 16.5. The Morgan fingerprint density at radius 1 is 1.12 bits per heavy atom. The summed E-state index contributed by atoms with van der Waals surface area (Å²) in [5.74, 6) is 0.385. The molecule has 0 aliphatic rings. The fraction of sp³-hybridized carbons (Fsp3) is 0.455. The van der Waals surface area contributed by atoms with Gasteiger partial charge >= 0.3 is 5.97 Å². The Hall–Kier alpha value is -2.16. The molecular weight excluding hydrogens is 310 g/mol. The Balaban J connectivity index is 1.88. The zero-order valence-corrected chi connectivity index (χ0v) is 15.4. The van der Waals surface area contributed by atoms with Crippen LogP contribution in [-0.4, -0.2) is 17.6 Å². The second-order valence-electron chi connectivity index (χ2n) is 6.47. The molecule has 0 aliphatic carbocycles. The number of aromatic nitrogens is 1. The number of benzene rings is 1. The van der Waals surface area contributed by atoms with Gasteiger partial charge in [0.15, 0.2) is 0 Å². The number of hydrogen-bond donors (Lipinski definition) is 0. The van der Waals surface area contributed by atoms with Gasteiger partial charge in [0.25, 0.3) is 0 Å². The first kappa shape index (κ1) is 19.2. The molecule has 1 atom stereocenters. The first-order valence-electron chi connectivity index (χ1n) is 9.39. The van der Waals surface area contributed by atoms with Crippen molar-refractivity contribution in [1.82, 2.24) is 4.98 Å². The number of rotatable bonds is 10. The number of ether oxygens (including phenoxy) is 1. The van der Waals surface area contributed by atoms with E-state index in [-0.39, 0.29) is 5.97 Å². The van der Waals surface area contributed by atoms with Crippen LogP contribution in [0.5, 0.6) is 0 Å². The molecule has 2 aromatic rings. The van der Waals surface area contributed by atoms with Gasteiger partial charge in [0.2, 0.25) is 0 Å². The highest BCUT2D eigenvalue weighted by Gasteiger charge is 2.12. The molecule has 1 heterocycles. The molecule has 1 aromatic carbocycles. The summed E-state index contributed by atoms with van der Waals surface area (Å²) in [4.78, 5) is 16.5. The predicted molar refractivity (Wildman–Crippen MR) is 102 cm³/mol. The number of hydrogen-bond acceptors (Lipinski definition) is 3. The predicted octanol–water partition coefficient (Wildman–Crippen LogP) is 5.44. The third-order valence-electron chi connectivity index (χ3n) is 4.58. The van der Waals surface area contributed by atoms with Crippen LogP contribution in [-0.2, 0) is 16.0 Å². The number of esters is 1. The zero-order valence-electron chi connectivity index (χ0n) is 15.4. The van der Waals surface area contributed by atoms with Crippen LogP contribution < -0.4 is 0 Å². The molecule has 3 heteroatoms. The van der Waals surface area contributed by atoms with Gasteiger partial charge in [-0.15, -0.1) is 0 Å². The molecule has 0 radical (unpaired) electrons. The van der Waals surface area contributed by atoms with Crippen LogP contribution in [0, 0.1) is 5.92 Å².